The number of benzene rings is 3. The number of hydrogen-bond donors (Lipinski definition) is 1. The molecule has 0 spiro atoms. The van der Waals surface area contributed by atoms with Crippen molar-refractivity contribution >= 4 is 23.4 Å². The number of carbonyl (C=O) groups is 1. The summed E-state index contributed by atoms with van der Waals surface area (Å²) in [4.78, 5) is 13.2. The molecule has 26 heavy (non-hydrogen) atoms. The molecule has 0 saturated carbocycles. The topological polar surface area (TPSA) is 38.3 Å². The van der Waals surface area contributed by atoms with Gasteiger partial charge in [-0.15, -0.1) is 11.8 Å². The van der Waals surface area contributed by atoms with Crippen LogP contribution in [-0.2, 0) is 11.4 Å². The molecule has 0 unspecified atom stereocenters. The van der Waals surface area contributed by atoms with Crippen molar-refractivity contribution in [2.75, 3.05) is 11.1 Å². The molecular weight excluding hydrogens is 342 g/mol. The van der Waals surface area contributed by atoms with Gasteiger partial charge >= 0.3 is 0 Å². The van der Waals surface area contributed by atoms with Crippen LogP contribution < -0.4 is 10.1 Å². The van der Waals surface area contributed by atoms with Crippen LogP contribution in [0.5, 0.6) is 5.75 Å². The zero-order valence-corrected chi connectivity index (χ0v) is 15.5. The molecule has 0 aliphatic heterocycles. The lowest BCUT2D eigenvalue weighted by Gasteiger charge is -2.08. The number of thioether (sulfide) groups is 1. The van der Waals surface area contributed by atoms with Crippen LogP contribution in [0.1, 0.15) is 11.1 Å². The van der Waals surface area contributed by atoms with Crippen molar-refractivity contribution < 1.29 is 9.53 Å². The highest BCUT2D eigenvalue weighted by Crippen LogP contribution is 2.20. The van der Waals surface area contributed by atoms with Crippen LogP contribution in [0.25, 0.3) is 0 Å². The first-order valence-corrected chi connectivity index (χ1v) is 9.44. The Morgan fingerprint density at radius 2 is 1.62 bits per heavy atom. The molecule has 0 aliphatic rings. The summed E-state index contributed by atoms with van der Waals surface area (Å²) < 4.78 is 5.75. The molecule has 0 bridgehead atoms. The molecule has 4 heteroatoms. The second-order valence-corrected chi connectivity index (χ2v) is 7.00. The highest BCUT2D eigenvalue weighted by Gasteiger charge is 2.04. The fourth-order valence-electron chi connectivity index (χ4n) is 2.36. The normalized spacial score (nSPS) is 10.3. The van der Waals surface area contributed by atoms with E-state index in [0.717, 1.165) is 21.9 Å². The molecule has 0 aromatic heterocycles. The van der Waals surface area contributed by atoms with Crippen LogP contribution in [-0.4, -0.2) is 11.7 Å². The second kappa shape index (κ2) is 9.11. The number of rotatable bonds is 7. The van der Waals surface area contributed by atoms with Gasteiger partial charge in [-0.1, -0.05) is 48.0 Å². The Labute approximate surface area is 158 Å². The van der Waals surface area contributed by atoms with Gasteiger partial charge in [0.2, 0.25) is 5.91 Å². The number of anilines is 1. The molecule has 3 aromatic carbocycles. The Hall–Kier alpha value is -2.72. The van der Waals surface area contributed by atoms with Gasteiger partial charge in [-0.2, -0.15) is 0 Å². The van der Waals surface area contributed by atoms with Crippen molar-refractivity contribution in [3.05, 3.63) is 90.0 Å². The van der Waals surface area contributed by atoms with E-state index in [-0.39, 0.29) is 5.91 Å². The number of nitrogens with one attached hydrogen (secondary N) is 1. The maximum Gasteiger partial charge on any atom is 0.234 e. The summed E-state index contributed by atoms with van der Waals surface area (Å²) in [5.74, 6) is 1.14. The maximum atomic E-state index is 12.1. The zero-order valence-electron chi connectivity index (χ0n) is 14.6. The summed E-state index contributed by atoms with van der Waals surface area (Å²) in [7, 11) is 0. The van der Waals surface area contributed by atoms with Crippen molar-refractivity contribution in [3.63, 3.8) is 0 Å². The van der Waals surface area contributed by atoms with E-state index in [0.29, 0.717) is 12.4 Å². The molecule has 0 aliphatic carbocycles. The zero-order chi connectivity index (χ0) is 18.2. The summed E-state index contributed by atoms with van der Waals surface area (Å²) in [5, 5.41) is 2.91. The van der Waals surface area contributed by atoms with Gasteiger partial charge < -0.3 is 10.1 Å². The Bertz CT molecular complexity index is 830. The molecule has 0 saturated heterocycles. The van der Waals surface area contributed by atoms with Crippen molar-refractivity contribution in [3.8, 4) is 5.75 Å². The smallest absolute Gasteiger partial charge is 0.234 e. The maximum absolute atomic E-state index is 12.1. The fourth-order valence-corrected chi connectivity index (χ4v) is 3.05. The lowest BCUT2D eigenvalue weighted by Crippen LogP contribution is -2.13. The Morgan fingerprint density at radius 1 is 0.923 bits per heavy atom. The van der Waals surface area contributed by atoms with Crippen molar-refractivity contribution in [2.45, 2.75) is 18.4 Å². The number of aryl methyl sites for hydroxylation is 1. The Morgan fingerprint density at radius 3 is 2.31 bits per heavy atom. The summed E-state index contributed by atoms with van der Waals surface area (Å²) >= 11 is 1.53. The van der Waals surface area contributed by atoms with E-state index >= 15 is 0 Å². The lowest BCUT2D eigenvalue weighted by molar-refractivity contribution is -0.113. The van der Waals surface area contributed by atoms with E-state index in [2.05, 4.69) is 17.4 Å². The van der Waals surface area contributed by atoms with Crippen molar-refractivity contribution in [1.29, 1.82) is 0 Å². The van der Waals surface area contributed by atoms with Crippen LogP contribution >= 0.6 is 11.8 Å². The van der Waals surface area contributed by atoms with Gasteiger partial charge in [0.1, 0.15) is 12.4 Å². The molecule has 0 atom stereocenters. The summed E-state index contributed by atoms with van der Waals surface area (Å²) in [6, 6.07) is 25.6. The van der Waals surface area contributed by atoms with Gasteiger partial charge in [0.05, 0.1) is 5.75 Å². The molecule has 3 nitrogen and oxygen atoms in total. The molecule has 3 rings (SSSR count). The molecule has 3 aromatic rings. The first-order valence-electron chi connectivity index (χ1n) is 8.45. The molecule has 0 radical (unpaired) electrons. The van der Waals surface area contributed by atoms with E-state index in [4.69, 9.17) is 4.74 Å². The average Bonchev–Trinajstić information content (AvgIpc) is 2.68. The third-order valence-electron chi connectivity index (χ3n) is 3.78. The van der Waals surface area contributed by atoms with E-state index in [1.54, 1.807) is 0 Å². The number of hydrogen-bond acceptors (Lipinski definition) is 3. The summed E-state index contributed by atoms with van der Waals surface area (Å²) in [5.41, 5.74) is 3.11. The van der Waals surface area contributed by atoms with Gasteiger partial charge in [-0.3, -0.25) is 4.79 Å². The second-order valence-electron chi connectivity index (χ2n) is 5.95. The van der Waals surface area contributed by atoms with Gasteiger partial charge in [0.25, 0.3) is 0 Å². The van der Waals surface area contributed by atoms with Crippen LogP contribution in [0.4, 0.5) is 5.69 Å². The quantitative estimate of drug-likeness (QED) is 0.579. The fraction of sp³-hybridized carbons (Fsp3) is 0.136. The molecule has 1 amide bonds. The van der Waals surface area contributed by atoms with Gasteiger partial charge in [0.15, 0.2) is 0 Å². The van der Waals surface area contributed by atoms with Crippen molar-refractivity contribution in [1.82, 2.24) is 0 Å². The predicted molar refractivity (Wildman–Crippen MR) is 108 cm³/mol. The van der Waals surface area contributed by atoms with Crippen LogP contribution in [0.2, 0.25) is 0 Å². The average molecular weight is 363 g/mol. The largest absolute Gasteiger partial charge is 0.489 e. The van der Waals surface area contributed by atoms with E-state index in [9.17, 15) is 4.79 Å². The third-order valence-corrected chi connectivity index (χ3v) is 4.79. The van der Waals surface area contributed by atoms with Crippen LogP contribution in [0.15, 0.2) is 83.8 Å². The van der Waals surface area contributed by atoms with Crippen LogP contribution in [0.3, 0.4) is 0 Å². The first-order chi connectivity index (χ1) is 12.7. The Kier molecular flexibility index (Phi) is 6.34. The summed E-state index contributed by atoms with van der Waals surface area (Å²) in [6.45, 7) is 2.58. The standard InChI is InChI=1S/C22H21NO2S/c1-17-7-13-21(14-8-17)26-16-22(24)23-19-9-11-20(12-10-19)25-15-18-5-3-2-4-6-18/h2-14H,15-16H2,1H3,(H,23,24). The monoisotopic (exact) mass is 363 g/mol. The highest BCUT2D eigenvalue weighted by atomic mass is 32.2. The van der Waals surface area contributed by atoms with E-state index in [1.165, 1.54) is 17.3 Å². The minimum atomic E-state index is -0.0199. The highest BCUT2D eigenvalue weighted by molar-refractivity contribution is 8.00. The predicted octanol–water partition coefficient (Wildman–Crippen LogP) is 5.30. The van der Waals surface area contributed by atoms with E-state index in [1.807, 2.05) is 73.7 Å². The lowest BCUT2D eigenvalue weighted by atomic mass is 10.2. The minimum absolute atomic E-state index is 0.0199. The Balaban J connectivity index is 1.45. The van der Waals surface area contributed by atoms with E-state index < -0.39 is 0 Å². The summed E-state index contributed by atoms with van der Waals surface area (Å²) in [6.07, 6.45) is 0. The molecule has 0 heterocycles. The molecule has 0 fully saturated rings. The molecule has 132 valence electrons. The van der Waals surface area contributed by atoms with Crippen LogP contribution in [0, 0.1) is 6.92 Å². The van der Waals surface area contributed by atoms with Gasteiger partial charge in [-0.25, -0.2) is 0 Å². The van der Waals surface area contributed by atoms with Gasteiger partial charge in [-0.05, 0) is 48.9 Å². The minimum Gasteiger partial charge on any atom is -0.489 e. The molecular formula is C22H21NO2S. The van der Waals surface area contributed by atoms with Crippen molar-refractivity contribution in [2.24, 2.45) is 0 Å². The SMILES string of the molecule is Cc1ccc(SCC(=O)Nc2ccc(OCc3ccccc3)cc2)cc1. The van der Waals surface area contributed by atoms with Gasteiger partial charge in [0, 0.05) is 10.6 Å². The molecule has 1 N–H and O–H groups in total. The number of carbonyl (C=O) groups excluding carboxylic acids is 1. The number of amides is 1. The number of ether oxygens (including phenoxy) is 1. The third kappa shape index (κ3) is 5.67. The first kappa shape index (κ1) is 18.1.